The number of fused-ring (bicyclic) bond motifs is 3. The van der Waals surface area contributed by atoms with E-state index >= 15 is 0 Å². The number of carbonyl (C=O) groups excluding carboxylic acids is 3. The number of para-hydroxylation sites is 2. The summed E-state index contributed by atoms with van der Waals surface area (Å²) in [6, 6.07) is 16.1. The minimum atomic E-state index is -0.711. The number of benzene rings is 2. The van der Waals surface area contributed by atoms with Gasteiger partial charge in [-0.15, -0.1) is 0 Å². The number of hydrogen-bond acceptors (Lipinski definition) is 8. The van der Waals surface area contributed by atoms with Crippen molar-refractivity contribution in [3.63, 3.8) is 0 Å². The molecule has 1 aliphatic carbocycles. The van der Waals surface area contributed by atoms with Gasteiger partial charge in [-0.05, 0) is 55.9 Å². The number of likely N-dealkylation sites (tertiary alicyclic amines) is 1. The lowest BCUT2D eigenvalue weighted by atomic mass is 10.0. The van der Waals surface area contributed by atoms with Gasteiger partial charge in [0.25, 0.3) is 5.91 Å². The molecule has 0 spiro atoms. The molecule has 2 aliphatic heterocycles. The second kappa shape index (κ2) is 12.5. The third-order valence-corrected chi connectivity index (χ3v) is 11.0. The van der Waals surface area contributed by atoms with Crippen molar-refractivity contribution in [1.82, 2.24) is 43.8 Å². The summed E-state index contributed by atoms with van der Waals surface area (Å²) in [5.74, 6) is -0.899. The SMILES string of the molecule is CNc1cc(-c2cn(C3CCN(Cc4cccc5c4n(C)c(=O)n5C4CCC(=O)NC4=O)CC3)c3ccccc23)nn2c(C(=O)NC3CC3)cnc12. The average molecular weight is 701 g/mol. The van der Waals surface area contributed by atoms with Crippen LogP contribution in [0.5, 0.6) is 0 Å². The van der Waals surface area contributed by atoms with Gasteiger partial charge in [-0.25, -0.2) is 14.3 Å². The van der Waals surface area contributed by atoms with E-state index in [1.165, 1.54) is 0 Å². The van der Waals surface area contributed by atoms with Gasteiger partial charge in [0.1, 0.15) is 6.04 Å². The fraction of sp³-hybridized carbons (Fsp3) is 0.368. The molecule has 2 saturated heterocycles. The van der Waals surface area contributed by atoms with E-state index in [-0.39, 0.29) is 36.0 Å². The van der Waals surface area contributed by atoms with E-state index < -0.39 is 11.9 Å². The number of imide groups is 1. The van der Waals surface area contributed by atoms with Crippen molar-refractivity contribution in [2.45, 2.75) is 63.2 Å². The first-order valence-corrected chi connectivity index (χ1v) is 18.0. The molecular formula is C38H40N10O4. The Morgan fingerprint density at radius 2 is 1.77 bits per heavy atom. The van der Waals surface area contributed by atoms with Crippen molar-refractivity contribution in [3.8, 4) is 11.3 Å². The molecule has 3 fully saturated rings. The van der Waals surface area contributed by atoms with Gasteiger partial charge in [0, 0.05) is 74.9 Å². The number of hydrogen-bond donors (Lipinski definition) is 3. The molecule has 3 aliphatic rings. The molecule has 3 N–H and O–H groups in total. The van der Waals surface area contributed by atoms with Crippen molar-refractivity contribution in [2.75, 3.05) is 25.5 Å². The van der Waals surface area contributed by atoms with Crippen LogP contribution in [0.2, 0.25) is 0 Å². The van der Waals surface area contributed by atoms with E-state index in [4.69, 9.17) is 5.10 Å². The lowest BCUT2D eigenvalue weighted by Gasteiger charge is -2.33. The number of amides is 3. The fourth-order valence-electron chi connectivity index (χ4n) is 8.11. The maximum Gasteiger partial charge on any atom is 0.329 e. The van der Waals surface area contributed by atoms with E-state index in [2.05, 4.69) is 60.9 Å². The summed E-state index contributed by atoms with van der Waals surface area (Å²) < 4.78 is 7.21. The first-order chi connectivity index (χ1) is 25.3. The molecule has 1 saturated carbocycles. The van der Waals surface area contributed by atoms with Gasteiger partial charge in [0.05, 0.1) is 28.6 Å². The summed E-state index contributed by atoms with van der Waals surface area (Å²) in [4.78, 5) is 58.0. The average Bonchev–Trinajstić information content (AvgIpc) is 3.62. The number of aryl methyl sites for hydroxylation is 1. The fourth-order valence-corrected chi connectivity index (χ4v) is 8.11. The van der Waals surface area contributed by atoms with Gasteiger partial charge in [0.2, 0.25) is 11.8 Å². The van der Waals surface area contributed by atoms with E-state index in [1.807, 2.05) is 31.3 Å². The van der Waals surface area contributed by atoms with Crippen LogP contribution in [0.4, 0.5) is 5.69 Å². The molecule has 6 heterocycles. The van der Waals surface area contributed by atoms with Gasteiger partial charge in [0.15, 0.2) is 11.3 Å². The Morgan fingerprint density at radius 3 is 2.54 bits per heavy atom. The topological polar surface area (TPSA) is 153 Å². The van der Waals surface area contributed by atoms with E-state index in [0.717, 1.165) is 77.7 Å². The molecule has 1 atom stereocenters. The molecule has 0 bridgehead atoms. The quantitative estimate of drug-likeness (QED) is 0.203. The summed E-state index contributed by atoms with van der Waals surface area (Å²) in [6.07, 6.45) is 8.18. The number of piperidine rings is 2. The largest absolute Gasteiger partial charge is 0.385 e. The Hall–Kier alpha value is -5.76. The minimum Gasteiger partial charge on any atom is -0.385 e. The summed E-state index contributed by atoms with van der Waals surface area (Å²) in [5.41, 5.74) is 6.99. The van der Waals surface area contributed by atoms with Crippen LogP contribution < -0.4 is 21.6 Å². The number of imidazole rings is 2. The van der Waals surface area contributed by atoms with Crippen LogP contribution in [0.3, 0.4) is 0 Å². The standard InChI is InChI=1S/C38H40N10O4/c1-39-28-18-27(43-48-32(19-40-35(28)48)37(51)41-23-10-11-23)26-21-46(29-8-4-3-7-25(26)29)24-14-16-45(17-15-24)20-22-6-5-9-30-34(22)44(2)38(52)47(30)31-12-13-33(49)42-36(31)50/h3-9,18-19,21,23-24,31,39H,10-17,20H2,1-2H3,(H,41,51)(H,42,49,50). The molecule has 0 radical (unpaired) electrons. The maximum atomic E-state index is 13.5. The van der Waals surface area contributed by atoms with Crippen molar-refractivity contribution >= 4 is 51.0 Å². The number of carbonyl (C=O) groups is 3. The Kier molecular flexibility index (Phi) is 7.72. The van der Waals surface area contributed by atoms with Gasteiger partial charge >= 0.3 is 5.69 Å². The second-order valence-electron chi connectivity index (χ2n) is 14.3. The van der Waals surface area contributed by atoms with Gasteiger partial charge in [-0.1, -0.05) is 30.3 Å². The molecule has 14 heteroatoms. The van der Waals surface area contributed by atoms with Gasteiger partial charge < -0.3 is 15.2 Å². The summed E-state index contributed by atoms with van der Waals surface area (Å²) >= 11 is 0. The Morgan fingerprint density at radius 1 is 0.981 bits per heavy atom. The molecule has 9 rings (SSSR count). The zero-order valence-electron chi connectivity index (χ0n) is 29.1. The molecule has 52 heavy (non-hydrogen) atoms. The lowest BCUT2D eigenvalue weighted by Crippen LogP contribution is -2.44. The highest BCUT2D eigenvalue weighted by Crippen LogP contribution is 2.37. The number of aromatic nitrogens is 6. The summed E-state index contributed by atoms with van der Waals surface area (Å²) in [7, 11) is 3.60. The monoisotopic (exact) mass is 700 g/mol. The third kappa shape index (κ3) is 5.36. The number of anilines is 1. The third-order valence-electron chi connectivity index (χ3n) is 11.0. The highest BCUT2D eigenvalue weighted by atomic mass is 16.2. The second-order valence-corrected chi connectivity index (χ2v) is 14.3. The Balaban J connectivity index is 0.984. The molecule has 3 amide bonds. The van der Waals surface area contributed by atoms with Crippen LogP contribution in [0.25, 0.3) is 38.8 Å². The first kappa shape index (κ1) is 32.2. The van der Waals surface area contributed by atoms with Gasteiger partial charge in [-0.2, -0.15) is 5.10 Å². The molecular weight excluding hydrogens is 660 g/mol. The predicted octanol–water partition coefficient (Wildman–Crippen LogP) is 3.75. The van der Waals surface area contributed by atoms with E-state index in [0.29, 0.717) is 29.8 Å². The van der Waals surface area contributed by atoms with E-state index in [1.54, 1.807) is 26.9 Å². The molecule has 4 aromatic heterocycles. The maximum absolute atomic E-state index is 13.5. The van der Waals surface area contributed by atoms with E-state index in [9.17, 15) is 19.2 Å². The molecule has 2 aromatic carbocycles. The van der Waals surface area contributed by atoms with Crippen LogP contribution in [-0.4, -0.2) is 77.1 Å². The highest BCUT2D eigenvalue weighted by Gasteiger charge is 2.32. The van der Waals surface area contributed by atoms with Crippen molar-refractivity contribution < 1.29 is 14.4 Å². The van der Waals surface area contributed by atoms with Crippen LogP contribution in [0, 0.1) is 0 Å². The van der Waals surface area contributed by atoms with Crippen LogP contribution in [-0.2, 0) is 23.2 Å². The van der Waals surface area contributed by atoms with Crippen molar-refractivity contribution in [2.24, 2.45) is 7.05 Å². The first-order valence-electron chi connectivity index (χ1n) is 18.0. The number of rotatable bonds is 8. The lowest BCUT2D eigenvalue weighted by molar-refractivity contribution is -0.135. The number of nitrogens with one attached hydrogen (secondary N) is 3. The molecule has 14 nitrogen and oxygen atoms in total. The van der Waals surface area contributed by atoms with Crippen molar-refractivity contribution in [3.05, 3.63) is 82.7 Å². The minimum absolute atomic E-state index is 0.166. The van der Waals surface area contributed by atoms with Gasteiger partial charge in [-0.3, -0.25) is 33.7 Å². The normalized spacial score (nSPS) is 18.8. The zero-order valence-corrected chi connectivity index (χ0v) is 29.1. The van der Waals surface area contributed by atoms with Crippen molar-refractivity contribution in [1.29, 1.82) is 0 Å². The highest BCUT2D eigenvalue weighted by molar-refractivity contribution is 6.00. The molecule has 6 aromatic rings. The summed E-state index contributed by atoms with van der Waals surface area (Å²) in [5, 5.41) is 14.8. The van der Waals surface area contributed by atoms with Crippen LogP contribution >= 0.6 is 0 Å². The predicted molar refractivity (Wildman–Crippen MR) is 196 cm³/mol. The molecule has 1 unspecified atom stereocenters. The van der Waals surface area contributed by atoms with Crippen LogP contribution in [0.15, 0.2) is 65.7 Å². The number of nitrogens with zero attached hydrogens (tertiary/aromatic N) is 7. The summed E-state index contributed by atoms with van der Waals surface area (Å²) in [6.45, 7) is 2.41. The van der Waals surface area contributed by atoms with Crippen LogP contribution in [0.1, 0.15) is 66.7 Å². The smallest absolute Gasteiger partial charge is 0.329 e. The zero-order chi connectivity index (χ0) is 35.7. The molecule has 266 valence electrons. The Labute approximate surface area is 298 Å². The Bertz CT molecular complexity index is 2480.